The van der Waals surface area contributed by atoms with Crippen molar-refractivity contribution >= 4 is 0 Å². The molecule has 0 bridgehead atoms. The normalized spacial score (nSPS) is 19.9. The maximum absolute atomic E-state index is 14.2. The van der Waals surface area contributed by atoms with Crippen LogP contribution in [0, 0.1) is 18.6 Å². The van der Waals surface area contributed by atoms with Gasteiger partial charge in [-0.05, 0) is 45.0 Å². The molecule has 0 N–H and O–H groups in total. The number of aryl methyl sites for hydroxylation is 1. The molecule has 0 spiro atoms. The zero-order valence-electron chi connectivity index (χ0n) is 12.3. The van der Waals surface area contributed by atoms with Crippen LogP contribution in [0.5, 0.6) is 0 Å². The molecule has 1 aromatic carbocycles. The molecule has 0 aliphatic carbocycles. The summed E-state index contributed by atoms with van der Waals surface area (Å²) in [5.74, 6) is -1.10. The van der Waals surface area contributed by atoms with Crippen LogP contribution >= 0.6 is 0 Å². The van der Waals surface area contributed by atoms with E-state index < -0.39 is 11.6 Å². The zero-order chi connectivity index (χ0) is 15.0. The second-order valence-corrected chi connectivity index (χ2v) is 5.77. The molecule has 1 saturated heterocycles. The van der Waals surface area contributed by atoms with Crippen molar-refractivity contribution in [3.8, 4) is 11.4 Å². The van der Waals surface area contributed by atoms with E-state index in [1.165, 1.54) is 0 Å². The fraction of sp³-hybridized carbons (Fsp3) is 0.438. The molecule has 1 aliphatic rings. The van der Waals surface area contributed by atoms with Gasteiger partial charge in [0.1, 0.15) is 5.82 Å². The van der Waals surface area contributed by atoms with Gasteiger partial charge in [-0.25, -0.2) is 13.8 Å². The molecule has 0 saturated carbocycles. The summed E-state index contributed by atoms with van der Waals surface area (Å²) in [5, 5.41) is 0. The lowest BCUT2D eigenvalue weighted by Gasteiger charge is -2.31. The van der Waals surface area contributed by atoms with Gasteiger partial charge in [-0.3, -0.25) is 0 Å². The van der Waals surface area contributed by atoms with E-state index in [0.717, 1.165) is 25.9 Å². The molecule has 2 aromatic rings. The van der Waals surface area contributed by atoms with E-state index in [1.807, 2.05) is 10.8 Å². The summed E-state index contributed by atoms with van der Waals surface area (Å²) < 4.78 is 30.0. The molecule has 112 valence electrons. The van der Waals surface area contributed by atoms with Crippen molar-refractivity contribution < 1.29 is 8.78 Å². The first-order chi connectivity index (χ1) is 10.1. The molecule has 1 atom stereocenters. The first-order valence-electron chi connectivity index (χ1n) is 7.24. The standard InChI is InChI=1S/C16H19F2N3/c1-11-5-6-13(15(18)14(11)17)16-19-7-9-21(16)12-4-3-8-20(2)10-12/h5-7,9,12H,3-4,8,10H2,1-2H3. The molecule has 0 radical (unpaired) electrons. The Morgan fingerprint density at radius 2 is 2.05 bits per heavy atom. The van der Waals surface area contributed by atoms with E-state index in [2.05, 4.69) is 16.9 Å². The lowest BCUT2D eigenvalue weighted by Crippen LogP contribution is -2.33. The molecule has 21 heavy (non-hydrogen) atoms. The van der Waals surface area contributed by atoms with Gasteiger partial charge in [-0.1, -0.05) is 6.07 Å². The number of hydrogen-bond donors (Lipinski definition) is 0. The Hall–Kier alpha value is -1.75. The molecule has 2 heterocycles. The van der Waals surface area contributed by atoms with Crippen LogP contribution in [0.25, 0.3) is 11.4 Å². The number of piperidine rings is 1. The number of imidazole rings is 1. The van der Waals surface area contributed by atoms with E-state index in [0.29, 0.717) is 11.4 Å². The minimum Gasteiger partial charge on any atom is -0.327 e. The van der Waals surface area contributed by atoms with Gasteiger partial charge in [0.15, 0.2) is 11.6 Å². The van der Waals surface area contributed by atoms with Crippen LogP contribution in [-0.4, -0.2) is 34.6 Å². The van der Waals surface area contributed by atoms with Crippen LogP contribution in [0.2, 0.25) is 0 Å². The Labute approximate surface area is 123 Å². The highest BCUT2D eigenvalue weighted by Crippen LogP contribution is 2.29. The van der Waals surface area contributed by atoms with Gasteiger partial charge in [0.05, 0.1) is 5.56 Å². The van der Waals surface area contributed by atoms with Gasteiger partial charge in [0, 0.05) is 25.0 Å². The topological polar surface area (TPSA) is 21.1 Å². The first-order valence-corrected chi connectivity index (χ1v) is 7.24. The molecule has 1 fully saturated rings. The van der Waals surface area contributed by atoms with Gasteiger partial charge in [0.25, 0.3) is 0 Å². The number of likely N-dealkylation sites (N-methyl/N-ethyl adjacent to an activating group) is 1. The summed E-state index contributed by atoms with van der Waals surface area (Å²) in [6, 6.07) is 3.46. The molecular formula is C16H19F2N3. The van der Waals surface area contributed by atoms with Gasteiger partial charge < -0.3 is 9.47 Å². The predicted octanol–water partition coefficient (Wildman–Crippen LogP) is 3.40. The molecule has 1 unspecified atom stereocenters. The average molecular weight is 291 g/mol. The summed E-state index contributed by atoms with van der Waals surface area (Å²) in [6.07, 6.45) is 5.64. The number of rotatable bonds is 2. The monoisotopic (exact) mass is 291 g/mol. The Morgan fingerprint density at radius 1 is 1.24 bits per heavy atom. The molecule has 1 aliphatic heterocycles. The van der Waals surface area contributed by atoms with E-state index >= 15 is 0 Å². The van der Waals surface area contributed by atoms with Gasteiger partial charge >= 0.3 is 0 Å². The molecule has 1 aromatic heterocycles. The van der Waals surface area contributed by atoms with Gasteiger partial charge in [-0.15, -0.1) is 0 Å². The van der Waals surface area contributed by atoms with Crippen molar-refractivity contribution in [1.82, 2.24) is 14.5 Å². The quantitative estimate of drug-likeness (QED) is 0.845. The van der Waals surface area contributed by atoms with Crippen molar-refractivity contribution in [2.45, 2.75) is 25.8 Å². The van der Waals surface area contributed by atoms with Crippen LogP contribution in [-0.2, 0) is 0 Å². The van der Waals surface area contributed by atoms with Crippen molar-refractivity contribution in [2.75, 3.05) is 20.1 Å². The molecule has 3 nitrogen and oxygen atoms in total. The smallest absolute Gasteiger partial charge is 0.170 e. The molecular weight excluding hydrogens is 272 g/mol. The highest BCUT2D eigenvalue weighted by molar-refractivity contribution is 5.57. The maximum Gasteiger partial charge on any atom is 0.170 e. The van der Waals surface area contributed by atoms with E-state index in [4.69, 9.17) is 0 Å². The predicted molar refractivity (Wildman–Crippen MR) is 78.1 cm³/mol. The largest absolute Gasteiger partial charge is 0.327 e. The van der Waals surface area contributed by atoms with Gasteiger partial charge in [-0.2, -0.15) is 0 Å². The number of likely N-dealkylation sites (tertiary alicyclic amines) is 1. The molecule has 5 heteroatoms. The number of hydrogen-bond acceptors (Lipinski definition) is 2. The average Bonchev–Trinajstić information content (AvgIpc) is 2.94. The highest BCUT2D eigenvalue weighted by Gasteiger charge is 2.23. The minimum atomic E-state index is -0.813. The Morgan fingerprint density at radius 3 is 2.81 bits per heavy atom. The fourth-order valence-electron chi connectivity index (χ4n) is 3.00. The SMILES string of the molecule is Cc1ccc(-c2nccn2C2CCCN(C)C2)c(F)c1F. The zero-order valence-corrected chi connectivity index (χ0v) is 12.3. The van der Waals surface area contributed by atoms with Crippen LogP contribution in [0.4, 0.5) is 8.78 Å². The summed E-state index contributed by atoms with van der Waals surface area (Å²) >= 11 is 0. The number of aromatic nitrogens is 2. The van der Waals surface area contributed by atoms with Crippen molar-refractivity contribution in [3.63, 3.8) is 0 Å². The number of benzene rings is 1. The lowest BCUT2D eigenvalue weighted by atomic mass is 10.0. The second-order valence-electron chi connectivity index (χ2n) is 5.77. The maximum atomic E-state index is 14.2. The number of nitrogens with zero attached hydrogens (tertiary/aromatic N) is 3. The third kappa shape index (κ3) is 2.58. The van der Waals surface area contributed by atoms with E-state index in [1.54, 1.807) is 25.3 Å². The van der Waals surface area contributed by atoms with Crippen LogP contribution < -0.4 is 0 Å². The second kappa shape index (κ2) is 5.56. The summed E-state index contributed by atoms with van der Waals surface area (Å²) in [6.45, 7) is 3.54. The summed E-state index contributed by atoms with van der Waals surface area (Å²) in [5.41, 5.74) is 0.545. The van der Waals surface area contributed by atoms with Gasteiger partial charge in [0.2, 0.25) is 0 Å². The summed E-state index contributed by atoms with van der Waals surface area (Å²) in [7, 11) is 2.08. The van der Waals surface area contributed by atoms with Crippen LogP contribution in [0.3, 0.4) is 0 Å². The fourth-order valence-corrected chi connectivity index (χ4v) is 3.00. The van der Waals surface area contributed by atoms with E-state index in [-0.39, 0.29) is 11.6 Å². The van der Waals surface area contributed by atoms with Crippen molar-refractivity contribution in [2.24, 2.45) is 0 Å². The Bertz CT molecular complexity index is 651. The van der Waals surface area contributed by atoms with Crippen LogP contribution in [0.1, 0.15) is 24.4 Å². The molecule has 0 amide bonds. The third-order valence-corrected chi connectivity index (χ3v) is 4.18. The van der Waals surface area contributed by atoms with Crippen LogP contribution in [0.15, 0.2) is 24.5 Å². The molecule has 3 rings (SSSR count). The summed E-state index contributed by atoms with van der Waals surface area (Å²) in [4.78, 5) is 6.51. The lowest BCUT2D eigenvalue weighted by molar-refractivity contribution is 0.213. The Kier molecular flexibility index (Phi) is 3.76. The number of halogens is 2. The Balaban J connectivity index is 2.01. The van der Waals surface area contributed by atoms with Crippen molar-refractivity contribution in [1.29, 1.82) is 0 Å². The first kappa shape index (κ1) is 14.2. The third-order valence-electron chi connectivity index (χ3n) is 4.18. The minimum absolute atomic E-state index is 0.233. The highest BCUT2D eigenvalue weighted by atomic mass is 19.2. The van der Waals surface area contributed by atoms with Crippen molar-refractivity contribution in [3.05, 3.63) is 41.7 Å². The van der Waals surface area contributed by atoms with E-state index in [9.17, 15) is 8.78 Å².